The SMILES string of the molecule is CCCCCn1c(CCl)nc2c(F)cc(F)cc21. The molecule has 0 fully saturated rings. The molecule has 0 aliphatic carbocycles. The van der Waals surface area contributed by atoms with Gasteiger partial charge < -0.3 is 4.57 Å². The molecule has 18 heavy (non-hydrogen) atoms. The number of nitrogens with zero attached hydrogens (tertiary/aromatic N) is 2. The summed E-state index contributed by atoms with van der Waals surface area (Å²) in [6.45, 7) is 2.79. The van der Waals surface area contributed by atoms with Crippen molar-refractivity contribution in [2.24, 2.45) is 0 Å². The number of hydrogen-bond donors (Lipinski definition) is 0. The molecule has 0 atom stereocenters. The number of aromatic nitrogens is 2. The Labute approximate surface area is 110 Å². The maximum absolute atomic E-state index is 13.6. The zero-order chi connectivity index (χ0) is 13.1. The molecule has 0 aliphatic heterocycles. The second-order valence-corrected chi connectivity index (χ2v) is 4.54. The predicted octanol–water partition coefficient (Wildman–Crippen LogP) is 4.24. The van der Waals surface area contributed by atoms with E-state index in [1.54, 1.807) is 0 Å². The number of imidazole rings is 1. The van der Waals surface area contributed by atoms with Crippen LogP contribution >= 0.6 is 11.6 Å². The number of fused-ring (bicyclic) bond motifs is 1. The van der Waals surface area contributed by atoms with E-state index in [4.69, 9.17) is 11.6 Å². The van der Waals surface area contributed by atoms with E-state index in [2.05, 4.69) is 11.9 Å². The van der Waals surface area contributed by atoms with Crippen molar-refractivity contribution in [3.05, 3.63) is 29.6 Å². The summed E-state index contributed by atoms with van der Waals surface area (Å²) in [6, 6.07) is 2.16. The van der Waals surface area contributed by atoms with E-state index in [1.807, 2.05) is 4.57 Å². The maximum Gasteiger partial charge on any atom is 0.153 e. The number of rotatable bonds is 5. The first-order valence-electron chi connectivity index (χ1n) is 6.07. The molecule has 1 heterocycles. The van der Waals surface area contributed by atoms with Crippen LogP contribution in [-0.2, 0) is 12.4 Å². The molecule has 0 saturated heterocycles. The van der Waals surface area contributed by atoms with E-state index >= 15 is 0 Å². The summed E-state index contributed by atoms with van der Waals surface area (Å²) < 4.78 is 28.7. The molecule has 0 spiro atoms. The predicted molar refractivity (Wildman–Crippen MR) is 68.7 cm³/mol. The van der Waals surface area contributed by atoms with Crippen molar-refractivity contribution in [3.63, 3.8) is 0 Å². The summed E-state index contributed by atoms with van der Waals surface area (Å²) in [5.41, 5.74) is 0.683. The highest BCUT2D eigenvalue weighted by molar-refractivity contribution is 6.16. The van der Waals surface area contributed by atoms with Gasteiger partial charge in [-0.3, -0.25) is 0 Å². The molecule has 0 amide bonds. The Morgan fingerprint density at radius 2 is 2.06 bits per heavy atom. The number of aryl methyl sites for hydroxylation is 1. The molecule has 98 valence electrons. The fourth-order valence-corrected chi connectivity index (χ4v) is 2.27. The lowest BCUT2D eigenvalue weighted by Crippen LogP contribution is -2.02. The van der Waals surface area contributed by atoms with Crippen molar-refractivity contribution in [2.75, 3.05) is 0 Å². The van der Waals surface area contributed by atoms with E-state index in [9.17, 15) is 8.78 Å². The van der Waals surface area contributed by atoms with Crippen LogP contribution in [0.4, 0.5) is 8.78 Å². The fourth-order valence-electron chi connectivity index (χ4n) is 2.07. The van der Waals surface area contributed by atoms with Gasteiger partial charge in [0.25, 0.3) is 0 Å². The van der Waals surface area contributed by atoms with Gasteiger partial charge in [-0.15, -0.1) is 11.6 Å². The highest BCUT2D eigenvalue weighted by Gasteiger charge is 2.14. The van der Waals surface area contributed by atoms with Crippen molar-refractivity contribution < 1.29 is 8.78 Å². The molecule has 0 saturated carbocycles. The van der Waals surface area contributed by atoms with Gasteiger partial charge >= 0.3 is 0 Å². The topological polar surface area (TPSA) is 17.8 Å². The van der Waals surface area contributed by atoms with Gasteiger partial charge in [-0.2, -0.15) is 0 Å². The third kappa shape index (κ3) is 2.48. The van der Waals surface area contributed by atoms with Crippen LogP contribution in [0.25, 0.3) is 11.0 Å². The molecule has 0 N–H and O–H groups in total. The lowest BCUT2D eigenvalue weighted by molar-refractivity contribution is 0.585. The highest BCUT2D eigenvalue weighted by atomic mass is 35.5. The Balaban J connectivity index is 2.47. The standard InChI is InChI=1S/C13H15ClF2N2/c1-2-3-4-5-18-11-7-9(15)6-10(16)13(11)17-12(18)8-14/h6-7H,2-5,8H2,1H3. The van der Waals surface area contributed by atoms with Crippen LogP contribution in [0.2, 0.25) is 0 Å². The molecule has 1 aromatic heterocycles. The Hall–Kier alpha value is -1.16. The molecule has 2 nitrogen and oxygen atoms in total. The van der Waals surface area contributed by atoms with Crippen LogP contribution in [0.5, 0.6) is 0 Å². The summed E-state index contributed by atoms with van der Waals surface area (Å²) in [4.78, 5) is 4.14. The summed E-state index contributed by atoms with van der Waals surface area (Å²) in [5.74, 6) is -0.433. The molecule has 2 aromatic rings. The first-order valence-corrected chi connectivity index (χ1v) is 6.61. The third-order valence-electron chi connectivity index (χ3n) is 2.96. The summed E-state index contributed by atoms with van der Waals surface area (Å²) in [5, 5.41) is 0. The van der Waals surface area contributed by atoms with Crippen molar-refractivity contribution in [3.8, 4) is 0 Å². The fraction of sp³-hybridized carbons (Fsp3) is 0.462. The van der Waals surface area contributed by atoms with Gasteiger partial charge in [-0.1, -0.05) is 19.8 Å². The Morgan fingerprint density at radius 3 is 2.72 bits per heavy atom. The van der Waals surface area contributed by atoms with Gasteiger partial charge in [0.15, 0.2) is 5.82 Å². The second kappa shape index (κ2) is 5.65. The van der Waals surface area contributed by atoms with Gasteiger partial charge in [-0.25, -0.2) is 13.8 Å². The zero-order valence-electron chi connectivity index (χ0n) is 10.2. The molecular formula is C13H15ClF2N2. The maximum atomic E-state index is 13.6. The van der Waals surface area contributed by atoms with Gasteiger partial charge in [0.1, 0.15) is 17.2 Å². The molecule has 0 unspecified atom stereocenters. The van der Waals surface area contributed by atoms with Gasteiger partial charge in [0, 0.05) is 12.6 Å². The number of unbranched alkanes of at least 4 members (excludes halogenated alkanes) is 2. The summed E-state index contributed by atoms with van der Waals surface area (Å²) >= 11 is 5.81. The van der Waals surface area contributed by atoms with E-state index in [-0.39, 0.29) is 11.4 Å². The minimum atomic E-state index is -0.634. The second-order valence-electron chi connectivity index (χ2n) is 4.28. The average molecular weight is 273 g/mol. The van der Waals surface area contributed by atoms with Gasteiger partial charge in [0.05, 0.1) is 11.4 Å². The molecular weight excluding hydrogens is 258 g/mol. The van der Waals surface area contributed by atoms with Crippen LogP contribution in [0.15, 0.2) is 12.1 Å². The number of halogens is 3. The zero-order valence-corrected chi connectivity index (χ0v) is 11.0. The van der Waals surface area contributed by atoms with Crippen molar-refractivity contribution in [2.45, 2.75) is 38.6 Å². The monoisotopic (exact) mass is 272 g/mol. The lowest BCUT2D eigenvalue weighted by atomic mass is 10.2. The minimum Gasteiger partial charge on any atom is -0.327 e. The molecule has 0 aliphatic rings. The molecule has 0 bridgehead atoms. The van der Waals surface area contributed by atoms with E-state index in [0.29, 0.717) is 17.9 Å². The third-order valence-corrected chi connectivity index (χ3v) is 3.20. The molecule has 2 rings (SSSR count). The average Bonchev–Trinajstić information content (AvgIpc) is 2.68. The first kappa shape index (κ1) is 13.3. The molecule has 1 aromatic carbocycles. The largest absolute Gasteiger partial charge is 0.327 e. The number of alkyl halides is 1. The van der Waals surface area contributed by atoms with Gasteiger partial charge in [-0.05, 0) is 12.5 Å². The molecule has 0 radical (unpaired) electrons. The van der Waals surface area contributed by atoms with Crippen LogP contribution < -0.4 is 0 Å². The lowest BCUT2D eigenvalue weighted by Gasteiger charge is -2.07. The summed E-state index contributed by atoms with van der Waals surface area (Å²) in [7, 11) is 0. The van der Waals surface area contributed by atoms with Crippen molar-refractivity contribution in [1.82, 2.24) is 9.55 Å². The van der Waals surface area contributed by atoms with E-state index in [1.165, 1.54) is 6.07 Å². The number of benzene rings is 1. The van der Waals surface area contributed by atoms with E-state index in [0.717, 1.165) is 25.3 Å². The molecule has 5 heteroatoms. The Bertz CT molecular complexity index is 551. The normalized spacial score (nSPS) is 11.3. The smallest absolute Gasteiger partial charge is 0.153 e. The van der Waals surface area contributed by atoms with Crippen LogP contribution in [0.1, 0.15) is 32.0 Å². The Morgan fingerprint density at radius 1 is 1.28 bits per heavy atom. The van der Waals surface area contributed by atoms with Crippen LogP contribution in [0.3, 0.4) is 0 Å². The van der Waals surface area contributed by atoms with Crippen molar-refractivity contribution >= 4 is 22.6 Å². The quantitative estimate of drug-likeness (QED) is 0.588. The van der Waals surface area contributed by atoms with Gasteiger partial charge in [0.2, 0.25) is 0 Å². The van der Waals surface area contributed by atoms with Crippen LogP contribution in [0, 0.1) is 11.6 Å². The van der Waals surface area contributed by atoms with Crippen molar-refractivity contribution in [1.29, 1.82) is 0 Å². The minimum absolute atomic E-state index is 0.196. The summed E-state index contributed by atoms with van der Waals surface area (Å²) in [6.07, 6.45) is 3.11. The first-order chi connectivity index (χ1) is 8.67. The van der Waals surface area contributed by atoms with E-state index < -0.39 is 11.6 Å². The van der Waals surface area contributed by atoms with Crippen LogP contribution in [-0.4, -0.2) is 9.55 Å². The highest BCUT2D eigenvalue weighted by Crippen LogP contribution is 2.22. The number of hydrogen-bond acceptors (Lipinski definition) is 1. The Kier molecular flexibility index (Phi) is 4.17.